The summed E-state index contributed by atoms with van der Waals surface area (Å²) in [5.74, 6) is 1.08. The Morgan fingerprint density at radius 1 is 1.11 bits per heavy atom. The predicted octanol–water partition coefficient (Wildman–Crippen LogP) is 7.33. The van der Waals surface area contributed by atoms with Crippen LogP contribution in [0, 0.1) is 17.3 Å². The molecule has 3 N–H and O–H groups in total. The van der Waals surface area contributed by atoms with Gasteiger partial charge in [-0.1, -0.05) is 79.2 Å². The summed E-state index contributed by atoms with van der Waals surface area (Å²) in [7, 11) is 0. The summed E-state index contributed by atoms with van der Waals surface area (Å²) in [6, 6.07) is 0. The fourth-order valence-corrected chi connectivity index (χ4v) is 5.50. The monoisotopic (exact) mass is 492 g/mol. The average Bonchev–Trinajstić information content (AvgIpc) is 3.10. The number of carbonyl (C=O) groups excluding carboxylic acids is 1. The van der Waals surface area contributed by atoms with Crippen molar-refractivity contribution in [3.8, 4) is 0 Å². The van der Waals surface area contributed by atoms with Crippen LogP contribution in [0.2, 0.25) is 0 Å². The molecule has 2 fully saturated rings. The molecule has 0 aromatic rings. The zero-order valence-electron chi connectivity index (χ0n) is 24.3. The lowest BCUT2D eigenvalue weighted by atomic mass is 9.70. The lowest BCUT2D eigenvalue weighted by Crippen LogP contribution is -2.30. The fourth-order valence-electron chi connectivity index (χ4n) is 5.50. The number of carbonyl (C=O) groups is 1. The van der Waals surface area contributed by atoms with Gasteiger partial charge in [-0.3, -0.25) is 4.79 Å². The molecule has 2 rings (SSSR count). The molecular weight excluding hydrogens is 436 g/mol. The molecule has 4 heteroatoms. The molecule has 4 atom stereocenters. The number of Topliss-reactive ketones (excluding diaryl/α,β-unsaturated/α-hetero) is 1. The fraction of sp³-hybridized carbons (Fsp3) is 0.774. The number of ketones is 1. The van der Waals surface area contributed by atoms with Crippen LogP contribution in [0.5, 0.6) is 0 Å². The van der Waals surface area contributed by atoms with Gasteiger partial charge < -0.3 is 15.3 Å². The second-order valence-electron chi connectivity index (χ2n) is 10.8. The van der Waals surface area contributed by atoms with Crippen LogP contribution in [0.1, 0.15) is 120 Å². The Morgan fingerprint density at radius 2 is 1.71 bits per heavy atom. The van der Waals surface area contributed by atoms with Crippen LogP contribution in [0.4, 0.5) is 0 Å². The number of aliphatic hydroxyl groups excluding tert-OH is 2. The van der Waals surface area contributed by atoms with Gasteiger partial charge >= 0.3 is 0 Å². The second kappa shape index (κ2) is 15.8. The van der Waals surface area contributed by atoms with Crippen LogP contribution in [-0.4, -0.2) is 38.9 Å². The summed E-state index contributed by atoms with van der Waals surface area (Å²) in [4.78, 5) is 11.9. The number of unbranched alkanes of at least 4 members (excludes halogenated alkanes) is 1. The van der Waals surface area contributed by atoms with E-state index in [9.17, 15) is 20.1 Å². The van der Waals surface area contributed by atoms with E-state index in [2.05, 4.69) is 39.5 Å². The van der Waals surface area contributed by atoms with Crippen molar-refractivity contribution in [3.05, 3.63) is 35.5 Å². The van der Waals surface area contributed by atoms with Crippen molar-refractivity contribution >= 4 is 5.78 Å². The Bertz CT molecular complexity index is 708. The maximum atomic E-state index is 11.9. The maximum absolute atomic E-state index is 11.9. The van der Waals surface area contributed by atoms with E-state index in [-0.39, 0.29) is 11.2 Å². The van der Waals surface area contributed by atoms with Crippen molar-refractivity contribution in [2.45, 2.75) is 138 Å². The Balaban J connectivity index is 0.00000274. The quantitative estimate of drug-likeness (QED) is 0.295. The van der Waals surface area contributed by atoms with Crippen molar-refractivity contribution in [1.82, 2.24) is 0 Å². The first-order chi connectivity index (χ1) is 16.4. The molecule has 0 aliphatic heterocycles. The maximum Gasteiger partial charge on any atom is 0.163 e. The Morgan fingerprint density at radius 3 is 2.26 bits per heavy atom. The molecular formula is C31H56O4. The van der Waals surface area contributed by atoms with Gasteiger partial charge in [-0.15, -0.1) is 0 Å². The van der Waals surface area contributed by atoms with E-state index in [1.807, 2.05) is 27.7 Å². The molecule has 35 heavy (non-hydrogen) atoms. The van der Waals surface area contributed by atoms with Crippen molar-refractivity contribution in [2.75, 3.05) is 0 Å². The summed E-state index contributed by atoms with van der Waals surface area (Å²) < 4.78 is 0. The molecule has 0 spiro atoms. The molecule has 0 aromatic heterocycles. The third-order valence-electron chi connectivity index (χ3n) is 7.76. The van der Waals surface area contributed by atoms with Crippen LogP contribution >= 0.6 is 0 Å². The molecule has 0 amide bonds. The number of hydrogen-bond acceptors (Lipinski definition) is 4. The minimum atomic E-state index is -1.22. The van der Waals surface area contributed by atoms with Gasteiger partial charge in [0.1, 0.15) is 5.60 Å². The highest BCUT2D eigenvalue weighted by Crippen LogP contribution is 2.53. The summed E-state index contributed by atoms with van der Waals surface area (Å²) in [5.41, 5.74) is 2.10. The summed E-state index contributed by atoms with van der Waals surface area (Å²) in [6.07, 6.45) is 10.9. The molecule has 1 unspecified atom stereocenters. The third kappa shape index (κ3) is 9.98. The number of hydrogen-bond donors (Lipinski definition) is 3. The minimum absolute atomic E-state index is 0.0696. The normalized spacial score (nSPS) is 27.6. The highest BCUT2D eigenvalue weighted by atomic mass is 16.3. The smallest absolute Gasteiger partial charge is 0.163 e. The topological polar surface area (TPSA) is 77.8 Å². The van der Waals surface area contributed by atoms with Crippen LogP contribution < -0.4 is 0 Å². The molecule has 0 heterocycles. The molecule has 0 saturated heterocycles. The first-order valence-corrected chi connectivity index (χ1v) is 14.1. The molecule has 2 saturated carbocycles. The van der Waals surface area contributed by atoms with E-state index >= 15 is 0 Å². The predicted molar refractivity (Wildman–Crippen MR) is 149 cm³/mol. The molecule has 0 aromatic carbocycles. The summed E-state index contributed by atoms with van der Waals surface area (Å²) >= 11 is 0. The van der Waals surface area contributed by atoms with E-state index in [1.165, 1.54) is 18.4 Å². The Hall–Kier alpha value is -1.23. The lowest BCUT2D eigenvalue weighted by Gasteiger charge is -2.35. The zero-order valence-corrected chi connectivity index (χ0v) is 24.3. The van der Waals surface area contributed by atoms with Crippen molar-refractivity contribution in [2.24, 2.45) is 17.3 Å². The van der Waals surface area contributed by atoms with Gasteiger partial charge in [0.15, 0.2) is 5.78 Å². The van der Waals surface area contributed by atoms with Gasteiger partial charge in [0.25, 0.3) is 0 Å². The van der Waals surface area contributed by atoms with Crippen molar-refractivity contribution in [1.29, 1.82) is 0 Å². The summed E-state index contributed by atoms with van der Waals surface area (Å²) in [5, 5.41) is 29.9. The first kappa shape index (κ1) is 33.8. The van der Waals surface area contributed by atoms with Crippen LogP contribution in [0.15, 0.2) is 35.5 Å². The standard InChI is InChI=1S/C27H44O4.2C2H6/c1-7-19(12-13-20-16-22(28)17-24(29)18(20)2)23-15-14-21(26(23,3)4)10-8-9-11-25(30)27(5,6)31;2*1-2/h12-13,21-24,28-29,31H,2,7-11,14-17H2,1,3-6H3;2*1-2H3/b19-12+,20-13-;;/t21-,22+,23-,24?;;/m0../s1. The van der Waals surface area contributed by atoms with E-state index in [0.717, 1.165) is 36.8 Å². The van der Waals surface area contributed by atoms with E-state index in [1.54, 1.807) is 13.8 Å². The van der Waals surface area contributed by atoms with Gasteiger partial charge in [0.05, 0.1) is 12.2 Å². The van der Waals surface area contributed by atoms with E-state index in [4.69, 9.17) is 0 Å². The van der Waals surface area contributed by atoms with Gasteiger partial charge in [0.2, 0.25) is 0 Å². The molecule has 204 valence electrons. The average molecular weight is 493 g/mol. The molecule has 4 nitrogen and oxygen atoms in total. The molecule has 2 aliphatic rings. The Kier molecular flexibility index (Phi) is 15.2. The zero-order chi connectivity index (χ0) is 27.4. The number of allylic oxidation sites excluding steroid dienone is 3. The largest absolute Gasteiger partial charge is 0.393 e. The van der Waals surface area contributed by atoms with Crippen molar-refractivity contribution < 1.29 is 20.1 Å². The highest BCUT2D eigenvalue weighted by molar-refractivity contribution is 5.86. The van der Waals surface area contributed by atoms with Crippen LogP contribution in [-0.2, 0) is 4.79 Å². The lowest BCUT2D eigenvalue weighted by molar-refractivity contribution is -0.134. The van der Waals surface area contributed by atoms with E-state index in [0.29, 0.717) is 31.1 Å². The van der Waals surface area contributed by atoms with Crippen molar-refractivity contribution in [3.63, 3.8) is 0 Å². The summed E-state index contributed by atoms with van der Waals surface area (Å²) in [6.45, 7) is 22.1. The molecule has 2 aliphatic carbocycles. The van der Waals surface area contributed by atoms with Gasteiger partial charge in [0, 0.05) is 12.8 Å². The number of aliphatic hydroxyl groups is 3. The molecule has 0 radical (unpaired) electrons. The van der Waals surface area contributed by atoms with Crippen LogP contribution in [0.3, 0.4) is 0 Å². The number of rotatable bonds is 9. The van der Waals surface area contributed by atoms with Gasteiger partial charge in [-0.25, -0.2) is 0 Å². The SMILES string of the molecule is C=C1/C(=C\C=C(/CC)[C@@H]2CC[C@H](CCCCC(=O)C(C)(C)O)C2(C)C)C[C@@H](O)CC1O.CC.CC. The van der Waals surface area contributed by atoms with E-state index < -0.39 is 17.8 Å². The second-order valence-corrected chi connectivity index (χ2v) is 10.8. The molecule has 0 bridgehead atoms. The minimum Gasteiger partial charge on any atom is -0.393 e. The highest BCUT2D eigenvalue weighted by Gasteiger charge is 2.43. The Labute approximate surface area is 216 Å². The third-order valence-corrected chi connectivity index (χ3v) is 7.76. The van der Waals surface area contributed by atoms with Gasteiger partial charge in [-0.05, 0) is 80.8 Å². The van der Waals surface area contributed by atoms with Gasteiger partial charge in [-0.2, -0.15) is 0 Å². The van der Waals surface area contributed by atoms with Crippen LogP contribution in [0.25, 0.3) is 0 Å². The first-order valence-electron chi connectivity index (χ1n) is 14.1.